The third-order valence-electron chi connectivity index (χ3n) is 3.13. The van der Waals surface area contributed by atoms with E-state index in [1.54, 1.807) is 6.92 Å². The highest BCUT2D eigenvalue weighted by molar-refractivity contribution is 5.93. The van der Waals surface area contributed by atoms with Crippen molar-refractivity contribution in [2.24, 2.45) is 27.2 Å². The molecule has 11 heteroatoms. The Labute approximate surface area is 150 Å². The Balaban J connectivity index is 2.48. The van der Waals surface area contributed by atoms with Crippen molar-refractivity contribution < 1.29 is 26.7 Å². The Kier molecular flexibility index (Phi) is 5.52. The van der Waals surface area contributed by atoms with Gasteiger partial charge in [0.25, 0.3) is 0 Å². The molecule has 6 N–H and O–H groups in total. The number of rotatable bonds is 3. The molecule has 0 bridgehead atoms. The fourth-order valence-corrected chi connectivity index (χ4v) is 2.01. The number of aryl methyl sites for hydroxylation is 1. The van der Waals surface area contributed by atoms with Crippen LogP contribution in [0.3, 0.4) is 0 Å². The van der Waals surface area contributed by atoms with Crippen molar-refractivity contribution >= 4 is 17.6 Å². The Hall–Kier alpha value is -3.37. The summed E-state index contributed by atoms with van der Waals surface area (Å²) < 4.78 is 71.0. The third-order valence-corrected chi connectivity index (χ3v) is 3.13. The molecular formula is C16H14F5N5O. The molecule has 0 heterocycles. The number of alkyl halides is 3. The summed E-state index contributed by atoms with van der Waals surface area (Å²) in [6.45, 7) is 1.69. The molecule has 0 saturated heterocycles. The number of hydrogen-bond acceptors (Lipinski definition) is 2. The highest BCUT2D eigenvalue weighted by Gasteiger charge is 2.33. The minimum atomic E-state index is -4.91. The van der Waals surface area contributed by atoms with Crippen molar-refractivity contribution in [3.05, 3.63) is 53.1 Å². The number of guanidine groups is 2. The molecule has 27 heavy (non-hydrogen) atoms. The van der Waals surface area contributed by atoms with E-state index >= 15 is 0 Å². The fraction of sp³-hybridized carbons (Fsp3) is 0.125. The first-order chi connectivity index (χ1) is 12.5. The number of hydrogen-bond donors (Lipinski definition) is 3. The summed E-state index contributed by atoms with van der Waals surface area (Å²) in [7, 11) is 0. The minimum Gasteiger partial charge on any atom is -0.449 e. The van der Waals surface area contributed by atoms with Crippen molar-refractivity contribution in [3.8, 4) is 11.5 Å². The lowest BCUT2D eigenvalue weighted by Crippen LogP contribution is -2.26. The quantitative estimate of drug-likeness (QED) is 0.426. The molecule has 0 amide bonds. The smallest absolute Gasteiger partial charge is 0.416 e. The zero-order chi connectivity index (χ0) is 20.4. The van der Waals surface area contributed by atoms with Gasteiger partial charge in [0, 0.05) is 0 Å². The predicted octanol–water partition coefficient (Wildman–Crippen LogP) is 3.30. The van der Waals surface area contributed by atoms with Crippen LogP contribution in [0.1, 0.15) is 11.1 Å². The summed E-state index contributed by atoms with van der Waals surface area (Å²) in [4.78, 5) is 7.36. The zero-order valence-electron chi connectivity index (χ0n) is 13.8. The average molecular weight is 387 g/mol. The van der Waals surface area contributed by atoms with Gasteiger partial charge in [-0.2, -0.15) is 18.2 Å². The molecule has 0 saturated carbocycles. The van der Waals surface area contributed by atoms with Gasteiger partial charge in [-0.1, -0.05) is 6.07 Å². The number of benzene rings is 2. The molecule has 0 fully saturated rings. The summed E-state index contributed by atoms with van der Waals surface area (Å²) in [5, 5.41) is 0. The molecule has 0 atom stereocenters. The first-order valence-electron chi connectivity index (χ1n) is 7.26. The number of aliphatic imine (C=N–C) groups is 2. The van der Waals surface area contributed by atoms with E-state index in [-0.39, 0.29) is 35.5 Å². The molecule has 0 aliphatic rings. The van der Waals surface area contributed by atoms with Crippen molar-refractivity contribution in [1.82, 2.24) is 0 Å². The second-order valence-electron chi connectivity index (χ2n) is 5.35. The molecular weight excluding hydrogens is 373 g/mol. The van der Waals surface area contributed by atoms with Crippen LogP contribution in [0, 0.1) is 18.6 Å². The number of halogens is 5. The summed E-state index contributed by atoms with van der Waals surface area (Å²) >= 11 is 0. The standard InChI is InChI=1S/C16H14F5N5O/c1-7-2-3-12(11(4-7)25-15(24)26-14(22)23)27-13-9(17)5-8(6-10(13)18)16(19,20)21/h2-6H,1H3,(H6,22,23,24,25,26). The van der Waals surface area contributed by atoms with Gasteiger partial charge in [0.15, 0.2) is 29.1 Å². The molecule has 0 aromatic heterocycles. The SMILES string of the molecule is Cc1ccc(Oc2c(F)cc(C(F)(F)F)cc2F)c(N=C(N)N=C(N)N)c1. The van der Waals surface area contributed by atoms with Gasteiger partial charge in [0.1, 0.15) is 5.69 Å². The van der Waals surface area contributed by atoms with Crippen LogP contribution in [0.25, 0.3) is 0 Å². The third kappa shape index (κ3) is 5.06. The largest absolute Gasteiger partial charge is 0.449 e. The van der Waals surface area contributed by atoms with E-state index in [1.165, 1.54) is 18.2 Å². The topological polar surface area (TPSA) is 112 Å². The summed E-state index contributed by atoms with van der Waals surface area (Å²) in [5.74, 6) is -4.99. The van der Waals surface area contributed by atoms with E-state index in [1.807, 2.05) is 0 Å². The van der Waals surface area contributed by atoms with Crippen molar-refractivity contribution in [3.63, 3.8) is 0 Å². The average Bonchev–Trinajstić information content (AvgIpc) is 2.50. The Morgan fingerprint density at radius 1 is 1.00 bits per heavy atom. The number of nitrogens with two attached hydrogens (primary N) is 3. The fourth-order valence-electron chi connectivity index (χ4n) is 2.01. The highest BCUT2D eigenvalue weighted by atomic mass is 19.4. The maximum atomic E-state index is 14.0. The predicted molar refractivity (Wildman–Crippen MR) is 89.7 cm³/mol. The molecule has 0 aliphatic heterocycles. The van der Waals surface area contributed by atoms with Crippen LogP contribution >= 0.6 is 0 Å². The number of ether oxygens (including phenoxy) is 1. The monoisotopic (exact) mass is 387 g/mol. The van der Waals surface area contributed by atoms with E-state index in [9.17, 15) is 22.0 Å². The van der Waals surface area contributed by atoms with Crippen LogP contribution in [0.4, 0.5) is 27.6 Å². The van der Waals surface area contributed by atoms with Crippen molar-refractivity contribution in [2.75, 3.05) is 0 Å². The van der Waals surface area contributed by atoms with Gasteiger partial charge in [-0.15, -0.1) is 0 Å². The van der Waals surface area contributed by atoms with Crippen LogP contribution in [-0.2, 0) is 6.18 Å². The molecule has 144 valence electrons. The van der Waals surface area contributed by atoms with Gasteiger partial charge in [-0.05, 0) is 36.8 Å². The summed E-state index contributed by atoms with van der Waals surface area (Å²) in [6.07, 6.45) is -4.91. The lowest BCUT2D eigenvalue weighted by molar-refractivity contribution is -0.138. The Bertz CT molecular complexity index is 897. The van der Waals surface area contributed by atoms with Crippen LogP contribution in [-0.4, -0.2) is 11.9 Å². The molecule has 0 aliphatic carbocycles. The second-order valence-corrected chi connectivity index (χ2v) is 5.35. The molecule has 2 rings (SSSR count). The van der Waals surface area contributed by atoms with Gasteiger partial charge in [-0.25, -0.2) is 13.8 Å². The minimum absolute atomic E-state index is 0.0104. The van der Waals surface area contributed by atoms with Crippen LogP contribution in [0.15, 0.2) is 40.3 Å². The van der Waals surface area contributed by atoms with Gasteiger partial charge < -0.3 is 21.9 Å². The molecule has 0 spiro atoms. The van der Waals surface area contributed by atoms with E-state index in [2.05, 4.69) is 9.98 Å². The van der Waals surface area contributed by atoms with E-state index in [0.717, 1.165) is 0 Å². The lowest BCUT2D eigenvalue weighted by Gasteiger charge is -2.13. The van der Waals surface area contributed by atoms with Crippen LogP contribution in [0.5, 0.6) is 11.5 Å². The maximum absolute atomic E-state index is 14.0. The Morgan fingerprint density at radius 3 is 2.11 bits per heavy atom. The molecule has 2 aromatic carbocycles. The first-order valence-corrected chi connectivity index (χ1v) is 7.26. The highest BCUT2D eigenvalue weighted by Crippen LogP contribution is 2.38. The summed E-state index contributed by atoms with van der Waals surface area (Å²) in [6, 6.07) is 4.55. The molecule has 0 unspecified atom stereocenters. The summed E-state index contributed by atoms with van der Waals surface area (Å²) in [5.41, 5.74) is 15.1. The maximum Gasteiger partial charge on any atom is 0.416 e. The second kappa shape index (κ2) is 7.48. The van der Waals surface area contributed by atoms with E-state index in [4.69, 9.17) is 21.9 Å². The van der Waals surface area contributed by atoms with Gasteiger partial charge in [-0.3, -0.25) is 0 Å². The first kappa shape index (κ1) is 19.9. The van der Waals surface area contributed by atoms with Gasteiger partial charge in [0.2, 0.25) is 5.96 Å². The van der Waals surface area contributed by atoms with Gasteiger partial charge >= 0.3 is 6.18 Å². The molecule has 6 nitrogen and oxygen atoms in total. The molecule has 2 aromatic rings. The number of nitrogens with zero attached hydrogens (tertiary/aromatic N) is 2. The van der Waals surface area contributed by atoms with Crippen molar-refractivity contribution in [2.45, 2.75) is 13.1 Å². The van der Waals surface area contributed by atoms with Crippen LogP contribution in [0.2, 0.25) is 0 Å². The normalized spacial score (nSPS) is 12.0. The molecule has 0 radical (unpaired) electrons. The van der Waals surface area contributed by atoms with Crippen LogP contribution < -0.4 is 21.9 Å². The van der Waals surface area contributed by atoms with E-state index < -0.39 is 29.1 Å². The zero-order valence-corrected chi connectivity index (χ0v) is 13.8. The van der Waals surface area contributed by atoms with E-state index in [0.29, 0.717) is 5.56 Å². The van der Waals surface area contributed by atoms with Crippen molar-refractivity contribution in [1.29, 1.82) is 0 Å². The Morgan fingerprint density at radius 2 is 1.59 bits per heavy atom. The lowest BCUT2D eigenvalue weighted by atomic mass is 10.2. The van der Waals surface area contributed by atoms with Gasteiger partial charge in [0.05, 0.1) is 5.56 Å².